The fraction of sp³-hybridized carbons (Fsp3) is 0.0909. The summed E-state index contributed by atoms with van der Waals surface area (Å²) < 4.78 is 4.30. The molecule has 94 valence electrons. The smallest absolute Gasteiger partial charge is 0.346 e. The second-order valence-electron chi connectivity index (χ2n) is 3.26. The van der Waals surface area contributed by atoms with E-state index in [-0.39, 0.29) is 16.7 Å². The molecule has 0 aromatic heterocycles. The number of rotatable bonds is 1. The zero-order chi connectivity index (χ0) is 13.9. The lowest BCUT2D eigenvalue weighted by atomic mass is 10.1. The van der Waals surface area contributed by atoms with Crippen molar-refractivity contribution in [1.29, 1.82) is 0 Å². The van der Waals surface area contributed by atoms with Gasteiger partial charge in [0.25, 0.3) is 5.97 Å². The zero-order valence-electron chi connectivity index (χ0n) is 9.17. The van der Waals surface area contributed by atoms with Gasteiger partial charge in [-0.05, 0) is 18.2 Å². The summed E-state index contributed by atoms with van der Waals surface area (Å²) in [5, 5.41) is 16.0. The van der Waals surface area contributed by atoms with E-state index >= 15 is 0 Å². The average molecular weight is 252 g/mol. The molecular weight excluding hydrogens is 244 g/mol. The van der Waals surface area contributed by atoms with Crippen LogP contribution in [0, 0.1) is 0 Å². The van der Waals surface area contributed by atoms with Crippen molar-refractivity contribution in [2.45, 2.75) is 6.92 Å². The van der Waals surface area contributed by atoms with Crippen molar-refractivity contribution in [3.8, 4) is 0 Å². The molecule has 2 N–H and O–H groups in total. The van der Waals surface area contributed by atoms with Gasteiger partial charge in [0.15, 0.2) is 0 Å². The lowest BCUT2D eigenvalue weighted by molar-refractivity contribution is -0.134. The van der Waals surface area contributed by atoms with Crippen molar-refractivity contribution in [3.63, 3.8) is 0 Å². The summed E-state index contributed by atoms with van der Waals surface area (Å²) in [6, 6.07) is 3.65. The van der Waals surface area contributed by atoms with E-state index in [1.165, 1.54) is 12.1 Å². The van der Waals surface area contributed by atoms with E-state index in [2.05, 4.69) is 4.74 Å². The molecule has 0 atom stereocenters. The van der Waals surface area contributed by atoms with Gasteiger partial charge in [0.1, 0.15) is 0 Å². The predicted octanol–water partition coefficient (Wildman–Crippen LogP) is 0.786. The van der Waals surface area contributed by atoms with Gasteiger partial charge in [-0.3, -0.25) is 4.79 Å². The van der Waals surface area contributed by atoms with Crippen molar-refractivity contribution in [1.82, 2.24) is 0 Å². The summed E-state index contributed by atoms with van der Waals surface area (Å²) >= 11 is 0. The van der Waals surface area contributed by atoms with Crippen LogP contribution in [0.15, 0.2) is 18.2 Å². The van der Waals surface area contributed by atoms with Crippen LogP contribution >= 0.6 is 0 Å². The number of fused-ring (bicyclic) bond motifs is 1. The number of aliphatic carboxylic acids is 1. The number of benzene rings is 1. The normalized spacial score (nSPS) is 12.1. The zero-order valence-corrected chi connectivity index (χ0v) is 9.17. The number of cyclic esters (lactones) is 2. The first-order valence-electron chi connectivity index (χ1n) is 4.66. The third-order valence-corrected chi connectivity index (χ3v) is 1.89. The van der Waals surface area contributed by atoms with Gasteiger partial charge in [0, 0.05) is 6.92 Å². The van der Waals surface area contributed by atoms with E-state index < -0.39 is 23.9 Å². The van der Waals surface area contributed by atoms with Crippen molar-refractivity contribution in [2.75, 3.05) is 0 Å². The SMILES string of the molecule is CC(=O)O.O=C(O)c1ccc2c(c1)C(=O)OC2=O. The molecule has 0 amide bonds. The Hall–Kier alpha value is -2.70. The number of hydrogen-bond acceptors (Lipinski definition) is 5. The van der Waals surface area contributed by atoms with E-state index in [0.717, 1.165) is 13.0 Å². The fourth-order valence-corrected chi connectivity index (χ4v) is 1.22. The average Bonchev–Trinajstić information content (AvgIpc) is 2.53. The highest BCUT2D eigenvalue weighted by molar-refractivity contribution is 6.15. The van der Waals surface area contributed by atoms with Crippen LogP contribution in [0.4, 0.5) is 0 Å². The first kappa shape index (κ1) is 13.4. The molecule has 7 nitrogen and oxygen atoms in total. The molecule has 0 saturated heterocycles. The summed E-state index contributed by atoms with van der Waals surface area (Å²) in [5.74, 6) is -3.52. The molecule has 0 spiro atoms. The molecule has 1 aromatic carbocycles. The minimum absolute atomic E-state index is 0.00917. The third-order valence-electron chi connectivity index (χ3n) is 1.89. The van der Waals surface area contributed by atoms with Crippen molar-refractivity contribution in [3.05, 3.63) is 34.9 Å². The number of carboxylic acids is 2. The lowest BCUT2D eigenvalue weighted by Crippen LogP contribution is -2.00. The van der Waals surface area contributed by atoms with Gasteiger partial charge in [-0.2, -0.15) is 0 Å². The Bertz CT molecular complexity index is 540. The van der Waals surface area contributed by atoms with E-state index in [4.69, 9.17) is 15.0 Å². The summed E-state index contributed by atoms with van der Waals surface area (Å²) in [6.07, 6.45) is 0. The predicted molar refractivity (Wildman–Crippen MR) is 56.5 cm³/mol. The maximum atomic E-state index is 11.0. The summed E-state index contributed by atoms with van der Waals surface area (Å²) in [4.78, 5) is 41.5. The monoisotopic (exact) mass is 252 g/mol. The second-order valence-corrected chi connectivity index (χ2v) is 3.26. The quantitative estimate of drug-likeness (QED) is 0.560. The molecule has 2 rings (SSSR count). The number of hydrogen-bond donors (Lipinski definition) is 2. The van der Waals surface area contributed by atoms with E-state index in [1.807, 2.05) is 0 Å². The van der Waals surface area contributed by atoms with Crippen LogP contribution in [0.5, 0.6) is 0 Å². The standard InChI is InChI=1S/C9H4O5.C2H4O2/c10-7(11)4-1-2-5-6(3-4)9(13)14-8(5)12;1-2(3)4/h1-3H,(H,10,11);1H3,(H,3,4). The van der Waals surface area contributed by atoms with Crippen LogP contribution in [0.1, 0.15) is 38.0 Å². The molecule has 18 heavy (non-hydrogen) atoms. The second kappa shape index (κ2) is 5.09. The maximum absolute atomic E-state index is 11.0. The number of ether oxygens (including phenoxy) is 1. The lowest BCUT2D eigenvalue weighted by Gasteiger charge is -1.94. The van der Waals surface area contributed by atoms with Gasteiger partial charge >= 0.3 is 17.9 Å². The molecule has 1 aromatic rings. The minimum atomic E-state index is -1.15. The Kier molecular flexibility index (Phi) is 3.78. The Labute approximate surface area is 101 Å². The molecule has 0 bridgehead atoms. The van der Waals surface area contributed by atoms with E-state index in [1.54, 1.807) is 0 Å². The van der Waals surface area contributed by atoms with Gasteiger partial charge in [0.05, 0.1) is 16.7 Å². The van der Waals surface area contributed by atoms with Crippen LogP contribution in [0.25, 0.3) is 0 Å². The summed E-state index contributed by atoms with van der Waals surface area (Å²) in [7, 11) is 0. The number of carbonyl (C=O) groups excluding carboxylic acids is 2. The van der Waals surface area contributed by atoms with Crippen LogP contribution in [-0.4, -0.2) is 34.1 Å². The molecule has 1 aliphatic rings. The van der Waals surface area contributed by atoms with Gasteiger partial charge < -0.3 is 14.9 Å². The Balaban J connectivity index is 0.000000357. The number of esters is 2. The Morgan fingerprint density at radius 2 is 1.56 bits per heavy atom. The van der Waals surface area contributed by atoms with Crippen LogP contribution in [-0.2, 0) is 9.53 Å². The van der Waals surface area contributed by atoms with Gasteiger partial charge in [-0.1, -0.05) is 0 Å². The van der Waals surface area contributed by atoms with Crippen LogP contribution in [0.3, 0.4) is 0 Å². The summed E-state index contributed by atoms with van der Waals surface area (Å²) in [6.45, 7) is 1.08. The van der Waals surface area contributed by atoms with Gasteiger partial charge in [-0.15, -0.1) is 0 Å². The van der Waals surface area contributed by atoms with Gasteiger partial charge in [0.2, 0.25) is 0 Å². The topological polar surface area (TPSA) is 118 Å². The number of carbonyl (C=O) groups is 4. The van der Waals surface area contributed by atoms with E-state index in [9.17, 15) is 14.4 Å². The molecule has 0 radical (unpaired) electrons. The highest BCUT2D eigenvalue weighted by atomic mass is 16.6. The highest BCUT2D eigenvalue weighted by Crippen LogP contribution is 2.20. The summed E-state index contributed by atoms with van der Waals surface area (Å²) in [5.41, 5.74) is 0.0744. The van der Waals surface area contributed by atoms with Gasteiger partial charge in [-0.25, -0.2) is 14.4 Å². The van der Waals surface area contributed by atoms with Crippen molar-refractivity contribution < 1.29 is 34.1 Å². The van der Waals surface area contributed by atoms with E-state index in [0.29, 0.717) is 0 Å². The molecule has 0 aliphatic carbocycles. The molecule has 1 aliphatic heterocycles. The molecule has 1 heterocycles. The van der Waals surface area contributed by atoms with Crippen molar-refractivity contribution >= 4 is 23.9 Å². The van der Waals surface area contributed by atoms with Crippen molar-refractivity contribution in [2.24, 2.45) is 0 Å². The first-order chi connectivity index (χ1) is 8.32. The molecule has 0 fully saturated rings. The number of aromatic carboxylic acids is 1. The number of carboxylic acid groups (broad SMARTS) is 2. The minimum Gasteiger partial charge on any atom is -0.481 e. The van der Waals surface area contributed by atoms with Crippen LogP contribution < -0.4 is 0 Å². The molecular formula is C11H8O7. The first-order valence-corrected chi connectivity index (χ1v) is 4.66. The Morgan fingerprint density at radius 3 is 2.06 bits per heavy atom. The Morgan fingerprint density at radius 1 is 1.06 bits per heavy atom. The molecule has 0 unspecified atom stereocenters. The largest absolute Gasteiger partial charge is 0.481 e. The molecule has 7 heteroatoms. The third kappa shape index (κ3) is 2.91. The van der Waals surface area contributed by atoms with Crippen LogP contribution in [0.2, 0.25) is 0 Å². The molecule has 0 saturated carbocycles. The maximum Gasteiger partial charge on any atom is 0.346 e. The highest BCUT2D eigenvalue weighted by Gasteiger charge is 2.30. The fourth-order valence-electron chi connectivity index (χ4n) is 1.22.